The average molecular weight is 699 g/mol. The van der Waals surface area contributed by atoms with Crippen molar-refractivity contribution in [3.05, 3.63) is 134 Å². The molecule has 2 atom stereocenters. The van der Waals surface area contributed by atoms with Crippen molar-refractivity contribution >= 4 is 76.1 Å². The van der Waals surface area contributed by atoms with E-state index < -0.39 is 47.8 Å². The number of anilines is 1. The second-order valence-electron chi connectivity index (χ2n) is 9.49. The number of amides is 3. The van der Waals surface area contributed by atoms with Crippen molar-refractivity contribution in [3.63, 3.8) is 0 Å². The number of hydrogen-bond acceptors (Lipinski definition) is 8. The molecule has 0 saturated heterocycles. The number of carboxylic acids is 1. The Labute approximate surface area is 281 Å². The highest BCUT2D eigenvalue weighted by molar-refractivity contribution is 6.31. The van der Waals surface area contributed by atoms with Crippen LogP contribution in [-0.2, 0) is 19.1 Å². The molecular formula is C32H22Cl3N3O9. The highest BCUT2D eigenvalue weighted by Crippen LogP contribution is 2.17. The first-order valence-corrected chi connectivity index (χ1v) is 14.5. The van der Waals surface area contributed by atoms with Crippen molar-refractivity contribution < 1.29 is 43.3 Å². The normalized spacial score (nSPS) is 11.7. The third-order valence-electron chi connectivity index (χ3n) is 6.22. The zero-order chi connectivity index (χ0) is 34.1. The van der Waals surface area contributed by atoms with Gasteiger partial charge in [0.05, 0.1) is 11.1 Å². The van der Waals surface area contributed by atoms with Gasteiger partial charge in [0.1, 0.15) is 0 Å². The van der Waals surface area contributed by atoms with Crippen LogP contribution in [0.4, 0.5) is 5.69 Å². The molecule has 0 saturated carbocycles. The van der Waals surface area contributed by atoms with Crippen molar-refractivity contribution in [1.29, 1.82) is 0 Å². The molecule has 0 aromatic heterocycles. The van der Waals surface area contributed by atoms with E-state index in [9.17, 15) is 33.9 Å². The van der Waals surface area contributed by atoms with Gasteiger partial charge in [-0.2, -0.15) is 0 Å². The fourth-order valence-corrected chi connectivity index (χ4v) is 4.18. The Bertz CT molecular complexity index is 1800. The van der Waals surface area contributed by atoms with E-state index in [0.717, 1.165) is 0 Å². The van der Waals surface area contributed by atoms with Crippen LogP contribution in [0.15, 0.2) is 97.1 Å². The van der Waals surface area contributed by atoms with Gasteiger partial charge in [-0.05, 0) is 97.1 Å². The summed E-state index contributed by atoms with van der Waals surface area (Å²) in [5.41, 5.74) is 4.58. The van der Waals surface area contributed by atoms with Crippen LogP contribution in [0, 0.1) is 0 Å². The van der Waals surface area contributed by atoms with Crippen LogP contribution < -0.4 is 16.2 Å². The van der Waals surface area contributed by atoms with Crippen molar-refractivity contribution in [3.8, 4) is 0 Å². The molecule has 0 spiro atoms. The first-order valence-electron chi connectivity index (χ1n) is 13.3. The number of carbonyl (C=O) groups is 6. The lowest BCUT2D eigenvalue weighted by Gasteiger charge is -2.23. The average Bonchev–Trinajstić information content (AvgIpc) is 3.06. The third-order valence-corrected chi connectivity index (χ3v) is 6.97. The Hall–Kier alpha value is -5.43. The molecule has 0 aliphatic heterocycles. The molecule has 240 valence electrons. The number of hydrazine groups is 1. The van der Waals surface area contributed by atoms with Gasteiger partial charge in [-0.25, -0.2) is 14.4 Å². The summed E-state index contributed by atoms with van der Waals surface area (Å²) in [5, 5.41) is 13.6. The summed E-state index contributed by atoms with van der Waals surface area (Å²) in [4.78, 5) is 76.1. The molecule has 4 N–H and O–H groups in total. The van der Waals surface area contributed by atoms with Crippen molar-refractivity contribution in [2.75, 3.05) is 5.32 Å². The Morgan fingerprint density at radius 2 is 0.894 bits per heavy atom. The molecule has 4 aromatic rings. The van der Waals surface area contributed by atoms with E-state index in [-0.39, 0.29) is 21.7 Å². The molecule has 0 aliphatic carbocycles. The molecule has 0 unspecified atom stereocenters. The first kappa shape index (κ1) is 34.4. The molecule has 3 amide bonds. The number of esters is 2. The maximum absolute atomic E-state index is 13.2. The van der Waals surface area contributed by atoms with E-state index in [1.807, 2.05) is 5.43 Å². The van der Waals surface area contributed by atoms with Gasteiger partial charge in [0, 0.05) is 31.9 Å². The number of hydrogen-bond donors (Lipinski definition) is 4. The summed E-state index contributed by atoms with van der Waals surface area (Å²) in [6, 6.07) is 22.2. The van der Waals surface area contributed by atoms with Gasteiger partial charge in [0.25, 0.3) is 17.7 Å². The van der Waals surface area contributed by atoms with Crippen molar-refractivity contribution in [2.24, 2.45) is 0 Å². The molecule has 0 aliphatic rings. The largest absolute Gasteiger partial charge is 0.478 e. The maximum Gasteiger partial charge on any atom is 0.349 e. The minimum atomic E-state index is -2.35. The number of halogens is 3. The lowest BCUT2D eigenvalue weighted by Crippen LogP contribution is -2.54. The summed E-state index contributed by atoms with van der Waals surface area (Å²) < 4.78 is 10.2. The van der Waals surface area contributed by atoms with E-state index >= 15 is 0 Å². The predicted molar refractivity (Wildman–Crippen MR) is 170 cm³/mol. The fraction of sp³-hybridized carbons (Fsp3) is 0.0625. The van der Waals surface area contributed by atoms with Crippen LogP contribution in [0.25, 0.3) is 0 Å². The van der Waals surface area contributed by atoms with E-state index in [1.54, 1.807) is 12.1 Å². The van der Waals surface area contributed by atoms with Gasteiger partial charge >= 0.3 is 17.9 Å². The summed E-state index contributed by atoms with van der Waals surface area (Å²) in [6.45, 7) is 0. The highest BCUT2D eigenvalue weighted by Gasteiger charge is 2.41. The molecule has 0 bridgehead atoms. The maximum atomic E-state index is 13.2. The number of nitrogens with one attached hydrogen (secondary N) is 3. The Kier molecular flexibility index (Phi) is 11.5. The summed E-state index contributed by atoms with van der Waals surface area (Å²) in [5.74, 6) is -6.78. The van der Waals surface area contributed by atoms with Crippen molar-refractivity contribution in [1.82, 2.24) is 10.9 Å². The fourth-order valence-electron chi connectivity index (χ4n) is 3.80. The van der Waals surface area contributed by atoms with Crippen LogP contribution in [0.2, 0.25) is 15.1 Å². The highest BCUT2D eigenvalue weighted by atomic mass is 35.5. The lowest BCUT2D eigenvalue weighted by molar-refractivity contribution is -0.159. The van der Waals surface area contributed by atoms with Gasteiger partial charge < -0.3 is 19.9 Å². The minimum Gasteiger partial charge on any atom is -0.478 e. The smallest absolute Gasteiger partial charge is 0.349 e. The van der Waals surface area contributed by atoms with E-state index in [2.05, 4.69) is 10.7 Å². The molecule has 47 heavy (non-hydrogen) atoms. The van der Waals surface area contributed by atoms with Crippen LogP contribution in [-0.4, -0.2) is 52.9 Å². The monoisotopic (exact) mass is 697 g/mol. The Morgan fingerprint density at radius 1 is 0.511 bits per heavy atom. The Morgan fingerprint density at radius 3 is 1.34 bits per heavy atom. The molecule has 0 fully saturated rings. The van der Waals surface area contributed by atoms with Gasteiger partial charge in [-0.3, -0.25) is 25.2 Å². The SMILES string of the molecule is O=C(NNC(=O)[C@H](OC(=O)c1ccc(Cl)cc1)[C@@H](OC(=O)c1ccc(Cl)cc1)C(=O)O)c1ccc(NC(=O)c2ccc(Cl)cc2)cc1. The molecular weight excluding hydrogens is 677 g/mol. The van der Waals surface area contributed by atoms with E-state index in [4.69, 9.17) is 44.3 Å². The topological polar surface area (TPSA) is 177 Å². The number of rotatable bonds is 10. The second-order valence-corrected chi connectivity index (χ2v) is 10.8. The number of benzene rings is 4. The van der Waals surface area contributed by atoms with Gasteiger partial charge in [-0.15, -0.1) is 0 Å². The summed E-state index contributed by atoms with van der Waals surface area (Å²) in [7, 11) is 0. The number of carboxylic acid groups (broad SMARTS) is 1. The molecule has 15 heteroatoms. The second kappa shape index (κ2) is 15.7. The van der Waals surface area contributed by atoms with E-state index in [1.165, 1.54) is 84.9 Å². The summed E-state index contributed by atoms with van der Waals surface area (Å²) in [6.07, 6.45) is -4.63. The van der Waals surface area contributed by atoms with Crippen molar-refractivity contribution in [2.45, 2.75) is 12.2 Å². The zero-order valence-electron chi connectivity index (χ0n) is 23.7. The zero-order valence-corrected chi connectivity index (χ0v) is 26.0. The standard InChI is InChI=1S/C32H22Cl3N3O9/c33-21-9-1-17(2-10-21)27(39)36-24-15-7-18(8-16-24)28(40)37-38-29(41)25(46-31(44)19-3-11-22(34)12-4-19)26(30(42)43)47-32(45)20-5-13-23(35)14-6-20/h1-16,25-26H,(H,36,39)(H,37,40)(H,38,41)(H,42,43)/t25-,26-/m1/s1. The molecule has 4 rings (SSSR count). The lowest BCUT2D eigenvalue weighted by atomic mass is 10.1. The minimum absolute atomic E-state index is 0.0217. The molecule has 0 heterocycles. The van der Waals surface area contributed by atoms with Gasteiger partial charge in [0.2, 0.25) is 12.2 Å². The summed E-state index contributed by atoms with van der Waals surface area (Å²) >= 11 is 17.5. The van der Waals surface area contributed by atoms with Crippen LogP contribution in [0.5, 0.6) is 0 Å². The molecule has 0 radical (unpaired) electrons. The first-order chi connectivity index (χ1) is 22.4. The number of aliphatic carboxylic acids is 1. The van der Waals surface area contributed by atoms with Gasteiger partial charge in [-0.1, -0.05) is 34.8 Å². The Balaban J connectivity index is 1.47. The van der Waals surface area contributed by atoms with E-state index in [0.29, 0.717) is 21.3 Å². The van der Waals surface area contributed by atoms with Gasteiger partial charge in [0.15, 0.2) is 0 Å². The predicted octanol–water partition coefficient (Wildman–Crippen LogP) is 5.20. The van der Waals surface area contributed by atoms with Crippen LogP contribution >= 0.6 is 34.8 Å². The number of ether oxygens (including phenoxy) is 2. The van der Waals surface area contributed by atoms with Crippen LogP contribution in [0.3, 0.4) is 0 Å². The molecule has 4 aromatic carbocycles. The quantitative estimate of drug-likeness (QED) is 0.128. The molecule has 12 nitrogen and oxygen atoms in total. The third kappa shape index (κ3) is 9.53. The van der Waals surface area contributed by atoms with Crippen LogP contribution in [0.1, 0.15) is 41.4 Å². The number of carbonyl (C=O) groups excluding carboxylic acids is 5.